The zero-order valence-electron chi connectivity index (χ0n) is 8.89. The second kappa shape index (κ2) is 5.36. The highest BCUT2D eigenvalue weighted by atomic mass is 32.2. The van der Waals surface area contributed by atoms with Gasteiger partial charge in [0.2, 0.25) is 0 Å². The number of sulfone groups is 1. The van der Waals surface area contributed by atoms with Gasteiger partial charge in [-0.3, -0.25) is 0 Å². The molecule has 0 aliphatic carbocycles. The van der Waals surface area contributed by atoms with E-state index in [0.717, 1.165) is 12.3 Å². The fourth-order valence-corrected chi connectivity index (χ4v) is 4.67. The lowest BCUT2D eigenvalue weighted by atomic mass is 10.5. The molecule has 0 amide bonds. The van der Waals surface area contributed by atoms with Gasteiger partial charge in [0.15, 0.2) is 14.9 Å². The van der Waals surface area contributed by atoms with Crippen molar-refractivity contribution >= 4 is 38.9 Å². The van der Waals surface area contributed by atoms with Gasteiger partial charge >= 0.3 is 0 Å². The molecule has 0 saturated carbocycles. The quantitative estimate of drug-likeness (QED) is 0.727. The molecule has 0 spiro atoms. The Morgan fingerprint density at radius 2 is 2.33 bits per heavy atom. The smallest absolute Gasteiger partial charge is 0.170 e. The molecule has 1 aliphatic heterocycles. The minimum absolute atomic E-state index is 0.470. The Bertz CT molecular complexity index is 329. The molecular formula is C8H16N2O2S3. The minimum Gasteiger partial charge on any atom is -0.363 e. The molecule has 0 aromatic heterocycles. The van der Waals surface area contributed by atoms with Crippen LogP contribution >= 0.6 is 24.0 Å². The summed E-state index contributed by atoms with van der Waals surface area (Å²) in [5, 5.41) is 3.08. The Morgan fingerprint density at radius 3 is 2.87 bits per heavy atom. The van der Waals surface area contributed by atoms with Crippen molar-refractivity contribution < 1.29 is 8.42 Å². The lowest BCUT2D eigenvalue weighted by Crippen LogP contribution is -2.53. The highest BCUT2D eigenvalue weighted by Crippen LogP contribution is 2.20. The van der Waals surface area contributed by atoms with Crippen LogP contribution in [0.2, 0.25) is 0 Å². The molecule has 88 valence electrons. The standard InChI is InChI=1S/C8H16N2O2S3/c1-3-9-8(13)10-4-5-14-6-7(10)15(2,11)12/h7H,3-6H2,1-2H3,(H,9,13). The second-order valence-electron chi connectivity index (χ2n) is 3.39. The summed E-state index contributed by atoms with van der Waals surface area (Å²) in [6.45, 7) is 3.37. The number of hydrogen-bond acceptors (Lipinski definition) is 4. The van der Waals surface area contributed by atoms with Gasteiger partial charge in [0.05, 0.1) is 0 Å². The molecule has 7 heteroatoms. The summed E-state index contributed by atoms with van der Waals surface area (Å²) < 4.78 is 23.1. The van der Waals surface area contributed by atoms with E-state index < -0.39 is 15.2 Å². The topological polar surface area (TPSA) is 49.4 Å². The Kier molecular flexibility index (Phi) is 4.66. The summed E-state index contributed by atoms with van der Waals surface area (Å²) in [7, 11) is -3.06. The fourth-order valence-electron chi connectivity index (χ4n) is 1.42. The van der Waals surface area contributed by atoms with E-state index in [4.69, 9.17) is 12.2 Å². The molecule has 4 nitrogen and oxygen atoms in total. The van der Waals surface area contributed by atoms with Crippen molar-refractivity contribution in [3.63, 3.8) is 0 Å². The van der Waals surface area contributed by atoms with E-state index in [2.05, 4.69) is 5.32 Å². The van der Waals surface area contributed by atoms with Crippen molar-refractivity contribution in [2.75, 3.05) is 30.9 Å². The molecule has 1 heterocycles. The summed E-state index contributed by atoms with van der Waals surface area (Å²) in [6, 6.07) is 0. The first kappa shape index (κ1) is 13.1. The number of thioether (sulfide) groups is 1. The molecule has 0 aromatic rings. The van der Waals surface area contributed by atoms with Crippen LogP contribution in [0.5, 0.6) is 0 Å². The van der Waals surface area contributed by atoms with Crippen LogP contribution < -0.4 is 5.32 Å². The van der Waals surface area contributed by atoms with Gasteiger partial charge in [-0.1, -0.05) is 0 Å². The van der Waals surface area contributed by atoms with Crippen molar-refractivity contribution in [1.82, 2.24) is 10.2 Å². The lowest BCUT2D eigenvalue weighted by molar-refractivity contribution is 0.405. The molecule has 1 aliphatic rings. The monoisotopic (exact) mass is 268 g/mol. The largest absolute Gasteiger partial charge is 0.363 e. The first-order valence-electron chi connectivity index (χ1n) is 4.78. The molecule has 1 saturated heterocycles. The average Bonchev–Trinajstić information content (AvgIpc) is 2.17. The predicted molar refractivity (Wildman–Crippen MR) is 68.9 cm³/mol. The lowest BCUT2D eigenvalue weighted by Gasteiger charge is -2.35. The Labute approximate surface area is 101 Å². The van der Waals surface area contributed by atoms with Crippen LogP contribution in [0.15, 0.2) is 0 Å². The Hall–Kier alpha value is -0.0100. The van der Waals surface area contributed by atoms with Gasteiger partial charge in [0.25, 0.3) is 0 Å². The van der Waals surface area contributed by atoms with Crippen LogP contribution in [0, 0.1) is 0 Å². The zero-order valence-corrected chi connectivity index (χ0v) is 11.3. The maximum Gasteiger partial charge on any atom is 0.170 e. The van der Waals surface area contributed by atoms with Crippen LogP contribution in [-0.4, -0.2) is 54.7 Å². The summed E-state index contributed by atoms with van der Waals surface area (Å²) in [5.41, 5.74) is 0. The molecule has 1 N–H and O–H groups in total. The van der Waals surface area contributed by atoms with Crippen LogP contribution in [0.4, 0.5) is 0 Å². The summed E-state index contributed by atoms with van der Waals surface area (Å²) in [4.78, 5) is 1.78. The highest BCUT2D eigenvalue weighted by molar-refractivity contribution is 8.00. The third-order valence-electron chi connectivity index (χ3n) is 2.17. The van der Waals surface area contributed by atoms with E-state index in [0.29, 0.717) is 17.4 Å². The van der Waals surface area contributed by atoms with Crippen LogP contribution in [0.1, 0.15) is 6.92 Å². The summed E-state index contributed by atoms with van der Waals surface area (Å²) in [5.74, 6) is 1.53. The Morgan fingerprint density at radius 1 is 1.67 bits per heavy atom. The normalized spacial score (nSPS) is 22.5. The van der Waals surface area contributed by atoms with Gasteiger partial charge in [-0.05, 0) is 19.1 Å². The molecule has 1 rings (SSSR count). The van der Waals surface area contributed by atoms with Crippen molar-refractivity contribution in [3.05, 3.63) is 0 Å². The van der Waals surface area contributed by atoms with E-state index in [9.17, 15) is 8.42 Å². The van der Waals surface area contributed by atoms with E-state index in [-0.39, 0.29) is 0 Å². The molecule has 1 fully saturated rings. The Balaban J connectivity index is 2.79. The van der Waals surface area contributed by atoms with Crippen LogP contribution in [-0.2, 0) is 9.84 Å². The van der Waals surface area contributed by atoms with Gasteiger partial charge in [0, 0.05) is 30.9 Å². The zero-order chi connectivity index (χ0) is 11.5. The van der Waals surface area contributed by atoms with E-state index in [1.54, 1.807) is 16.7 Å². The fraction of sp³-hybridized carbons (Fsp3) is 0.875. The SMILES string of the molecule is CCNC(=S)N1CCSCC1S(C)(=O)=O. The van der Waals surface area contributed by atoms with E-state index >= 15 is 0 Å². The average molecular weight is 268 g/mol. The van der Waals surface area contributed by atoms with E-state index in [1.165, 1.54) is 6.26 Å². The van der Waals surface area contributed by atoms with Crippen molar-refractivity contribution in [2.45, 2.75) is 12.3 Å². The molecule has 0 aromatic carbocycles. The molecule has 0 bridgehead atoms. The summed E-state index contributed by atoms with van der Waals surface area (Å²) in [6.07, 6.45) is 1.27. The molecular weight excluding hydrogens is 252 g/mol. The third kappa shape index (κ3) is 3.49. The number of nitrogens with zero attached hydrogens (tertiary/aromatic N) is 1. The van der Waals surface area contributed by atoms with Gasteiger partial charge in [0.1, 0.15) is 5.37 Å². The predicted octanol–water partition coefficient (Wildman–Crippen LogP) is 0.300. The van der Waals surface area contributed by atoms with Gasteiger partial charge in [-0.2, -0.15) is 11.8 Å². The molecule has 15 heavy (non-hydrogen) atoms. The maximum absolute atomic E-state index is 11.6. The number of rotatable bonds is 2. The van der Waals surface area contributed by atoms with Crippen molar-refractivity contribution in [1.29, 1.82) is 0 Å². The third-order valence-corrected chi connectivity index (χ3v) is 5.19. The highest BCUT2D eigenvalue weighted by Gasteiger charge is 2.32. The first-order chi connectivity index (χ1) is 6.96. The summed E-state index contributed by atoms with van der Waals surface area (Å²) >= 11 is 6.82. The number of thiocarbonyl (C=S) groups is 1. The first-order valence-corrected chi connectivity index (χ1v) is 8.29. The number of nitrogens with one attached hydrogen (secondary N) is 1. The van der Waals surface area contributed by atoms with Gasteiger partial charge < -0.3 is 10.2 Å². The van der Waals surface area contributed by atoms with E-state index in [1.807, 2.05) is 6.92 Å². The second-order valence-corrected chi connectivity index (χ2v) is 7.13. The minimum atomic E-state index is -3.06. The van der Waals surface area contributed by atoms with Gasteiger partial charge in [-0.25, -0.2) is 8.42 Å². The maximum atomic E-state index is 11.6. The molecule has 0 radical (unpaired) electrons. The van der Waals surface area contributed by atoms with Crippen LogP contribution in [0.3, 0.4) is 0 Å². The van der Waals surface area contributed by atoms with Gasteiger partial charge in [-0.15, -0.1) is 0 Å². The molecule has 1 atom stereocenters. The number of hydrogen-bond donors (Lipinski definition) is 1. The van der Waals surface area contributed by atoms with Crippen LogP contribution in [0.25, 0.3) is 0 Å². The molecule has 1 unspecified atom stereocenters. The van der Waals surface area contributed by atoms with Crippen molar-refractivity contribution in [2.24, 2.45) is 0 Å². The van der Waals surface area contributed by atoms with Crippen molar-refractivity contribution in [3.8, 4) is 0 Å².